The fourth-order valence-corrected chi connectivity index (χ4v) is 1.95. The maximum atomic E-state index is 12.2. The fraction of sp³-hybridized carbons (Fsp3) is 0.133. The highest BCUT2D eigenvalue weighted by Gasteiger charge is 2.10. The molecule has 1 aromatic carbocycles. The van der Waals surface area contributed by atoms with E-state index in [-0.39, 0.29) is 11.6 Å². The number of nitrogens with one attached hydrogen (secondary N) is 2. The Morgan fingerprint density at radius 2 is 2.09 bits per heavy atom. The number of benzene rings is 1. The first-order valence-corrected chi connectivity index (χ1v) is 6.84. The molecule has 1 amide bonds. The van der Waals surface area contributed by atoms with Crippen molar-refractivity contribution in [2.45, 2.75) is 6.92 Å². The Labute approximate surface area is 131 Å². The Hall–Kier alpha value is -3.29. The summed E-state index contributed by atoms with van der Waals surface area (Å²) in [6.07, 6.45) is 0. The number of aryl methyl sites for hydroxylation is 1. The number of hydrogen-bond acceptors (Lipinski definition) is 6. The number of aromatic nitrogens is 5. The van der Waals surface area contributed by atoms with Gasteiger partial charge in [-0.2, -0.15) is 5.10 Å². The lowest BCUT2D eigenvalue weighted by atomic mass is 10.2. The summed E-state index contributed by atoms with van der Waals surface area (Å²) in [5.74, 6) is 1.29. The summed E-state index contributed by atoms with van der Waals surface area (Å²) in [6, 6.07) is 10.4. The van der Waals surface area contributed by atoms with Gasteiger partial charge in [-0.1, -0.05) is 12.1 Å². The molecule has 0 saturated carbocycles. The number of methoxy groups -OCH3 is 1. The summed E-state index contributed by atoms with van der Waals surface area (Å²) >= 11 is 0. The van der Waals surface area contributed by atoms with Gasteiger partial charge in [0.25, 0.3) is 5.91 Å². The van der Waals surface area contributed by atoms with E-state index in [9.17, 15) is 4.79 Å². The SMILES string of the molecule is COc1ccc(C(=O)Nc2cccc(-c3n[nH]c(C)n3)c2)nn1. The first-order chi connectivity index (χ1) is 11.2. The molecular weight excluding hydrogens is 296 g/mol. The Morgan fingerprint density at radius 3 is 2.74 bits per heavy atom. The van der Waals surface area contributed by atoms with Crippen LogP contribution in [0.1, 0.15) is 16.3 Å². The Bertz CT molecular complexity index is 828. The van der Waals surface area contributed by atoms with E-state index in [1.807, 2.05) is 19.1 Å². The molecule has 2 aromatic heterocycles. The van der Waals surface area contributed by atoms with Crippen LogP contribution in [0, 0.1) is 6.92 Å². The minimum Gasteiger partial charge on any atom is -0.480 e. The van der Waals surface area contributed by atoms with Crippen molar-refractivity contribution in [3.63, 3.8) is 0 Å². The van der Waals surface area contributed by atoms with Crippen molar-refractivity contribution >= 4 is 11.6 Å². The molecule has 0 spiro atoms. The predicted molar refractivity (Wildman–Crippen MR) is 83.1 cm³/mol. The highest BCUT2D eigenvalue weighted by atomic mass is 16.5. The molecule has 0 bridgehead atoms. The topological polar surface area (TPSA) is 106 Å². The average Bonchev–Trinajstić information content (AvgIpc) is 3.02. The number of hydrogen-bond donors (Lipinski definition) is 2. The number of amides is 1. The number of H-pyrrole nitrogens is 1. The molecule has 0 aliphatic carbocycles. The quantitative estimate of drug-likeness (QED) is 0.761. The molecule has 2 heterocycles. The number of ether oxygens (including phenoxy) is 1. The molecule has 0 unspecified atom stereocenters. The van der Waals surface area contributed by atoms with E-state index in [2.05, 4.69) is 30.7 Å². The van der Waals surface area contributed by atoms with E-state index in [0.29, 0.717) is 17.4 Å². The highest BCUT2D eigenvalue weighted by Crippen LogP contribution is 2.19. The molecule has 116 valence electrons. The average molecular weight is 310 g/mol. The summed E-state index contributed by atoms with van der Waals surface area (Å²) in [5, 5.41) is 17.2. The molecule has 3 aromatic rings. The van der Waals surface area contributed by atoms with Crippen LogP contribution in [0.2, 0.25) is 0 Å². The van der Waals surface area contributed by atoms with E-state index in [1.54, 1.807) is 24.3 Å². The van der Waals surface area contributed by atoms with E-state index in [0.717, 1.165) is 11.4 Å². The number of anilines is 1. The lowest BCUT2D eigenvalue weighted by molar-refractivity contribution is 0.102. The van der Waals surface area contributed by atoms with Crippen LogP contribution in [0.3, 0.4) is 0 Å². The van der Waals surface area contributed by atoms with Gasteiger partial charge < -0.3 is 10.1 Å². The molecule has 8 heteroatoms. The van der Waals surface area contributed by atoms with Gasteiger partial charge in [-0.05, 0) is 25.1 Å². The van der Waals surface area contributed by atoms with Gasteiger partial charge in [-0.15, -0.1) is 10.2 Å². The largest absolute Gasteiger partial charge is 0.480 e. The molecule has 0 aliphatic heterocycles. The second-order valence-corrected chi connectivity index (χ2v) is 4.74. The number of aromatic amines is 1. The second-order valence-electron chi connectivity index (χ2n) is 4.74. The van der Waals surface area contributed by atoms with E-state index < -0.39 is 0 Å². The van der Waals surface area contributed by atoms with Crippen LogP contribution in [0.25, 0.3) is 11.4 Å². The van der Waals surface area contributed by atoms with Gasteiger partial charge in [-0.3, -0.25) is 9.89 Å². The molecule has 23 heavy (non-hydrogen) atoms. The first kappa shape index (κ1) is 14.6. The number of carbonyl (C=O) groups excluding carboxylic acids is 1. The fourth-order valence-electron chi connectivity index (χ4n) is 1.95. The maximum absolute atomic E-state index is 12.2. The maximum Gasteiger partial charge on any atom is 0.276 e. The van der Waals surface area contributed by atoms with Crippen molar-refractivity contribution in [1.82, 2.24) is 25.4 Å². The van der Waals surface area contributed by atoms with Crippen molar-refractivity contribution in [2.75, 3.05) is 12.4 Å². The van der Waals surface area contributed by atoms with Crippen molar-refractivity contribution in [3.05, 3.63) is 47.9 Å². The van der Waals surface area contributed by atoms with Gasteiger partial charge in [0.2, 0.25) is 5.88 Å². The van der Waals surface area contributed by atoms with Crippen LogP contribution in [-0.2, 0) is 0 Å². The summed E-state index contributed by atoms with van der Waals surface area (Å²) in [5.41, 5.74) is 1.62. The molecule has 0 fully saturated rings. The van der Waals surface area contributed by atoms with Crippen molar-refractivity contribution in [1.29, 1.82) is 0 Å². The highest BCUT2D eigenvalue weighted by molar-refractivity contribution is 6.03. The molecule has 0 aliphatic rings. The van der Waals surface area contributed by atoms with Gasteiger partial charge in [-0.25, -0.2) is 4.98 Å². The molecule has 0 atom stereocenters. The first-order valence-electron chi connectivity index (χ1n) is 6.84. The monoisotopic (exact) mass is 310 g/mol. The molecular formula is C15H14N6O2. The molecule has 3 rings (SSSR count). The number of nitrogens with zero attached hydrogens (tertiary/aromatic N) is 4. The number of rotatable bonds is 4. The zero-order chi connectivity index (χ0) is 16.2. The second kappa shape index (κ2) is 6.22. The number of carbonyl (C=O) groups is 1. The Balaban J connectivity index is 1.78. The van der Waals surface area contributed by atoms with Crippen molar-refractivity contribution < 1.29 is 9.53 Å². The Kier molecular flexibility index (Phi) is 3.96. The third-order valence-electron chi connectivity index (χ3n) is 3.06. The van der Waals surface area contributed by atoms with Crippen molar-refractivity contribution in [2.24, 2.45) is 0 Å². The van der Waals surface area contributed by atoms with Crippen LogP contribution in [0.4, 0.5) is 5.69 Å². The van der Waals surface area contributed by atoms with Crippen LogP contribution >= 0.6 is 0 Å². The standard InChI is InChI=1S/C15H14N6O2/c1-9-16-14(21-18-9)10-4-3-5-11(8-10)17-15(22)12-6-7-13(23-2)20-19-12/h3-8H,1-2H3,(H,17,22)(H,16,18,21). The lowest BCUT2D eigenvalue weighted by Gasteiger charge is -2.06. The molecule has 0 saturated heterocycles. The van der Waals surface area contributed by atoms with Gasteiger partial charge >= 0.3 is 0 Å². The van der Waals surface area contributed by atoms with Crippen LogP contribution in [-0.4, -0.2) is 38.4 Å². The molecule has 8 nitrogen and oxygen atoms in total. The summed E-state index contributed by atoms with van der Waals surface area (Å²) < 4.78 is 4.91. The summed E-state index contributed by atoms with van der Waals surface area (Å²) in [4.78, 5) is 16.4. The minimum atomic E-state index is -0.358. The van der Waals surface area contributed by atoms with Crippen LogP contribution < -0.4 is 10.1 Å². The van der Waals surface area contributed by atoms with Crippen molar-refractivity contribution in [3.8, 4) is 17.3 Å². The zero-order valence-corrected chi connectivity index (χ0v) is 12.6. The molecule has 0 radical (unpaired) electrons. The third kappa shape index (κ3) is 3.31. The molecule has 2 N–H and O–H groups in total. The summed E-state index contributed by atoms with van der Waals surface area (Å²) in [6.45, 7) is 1.82. The van der Waals surface area contributed by atoms with E-state index in [4.69, 9.17) is 4.74 Å². The predicted octanol–water partition coefficient (Wildman–Crippen LogP) is 1.83. The summed E-state index contributed by atoms with van der Waals surface area (Å²) in [7, 11) is 1.49. The van der Waals surface area contributed by atoms with E-state index >= 15 is 0 Å². The third-order valence-corrected chi connectivity index (χ3v) is 3.06. The van der Waals surface area contributed by atoms with E-state index in [1.165, 1.54) is 7.11 Å². The van der Waals surface area contributed by atoms with Gasteiger partial charge in [0.1, 0.15) is 5.82 Å². The lowest BCUT2D eigenvalue weighted by Crippen LogP contribution is -2.14. The van der Waals surface area contributed by atoms with Gasteiger partial charge in [0, 0.05) is 17.3 Å². The van der Waals surface area contributed by atoms with Gasteiger partial charge in [0.15, 0.2) is 11.5 Å². The zero-order valence-electron chi connectivity index (χ0n) is 12.6. The Morgan fingerprint density at radius 1 is 1.22 bits per heavy atom. The van der Waals surface area contributed by atoms with Crippen LogP contribution in [0.5, 0.6) is 5.88 Å². The minimum absolute atomic E-state index is 0.199. The van der Waals surface area contributed by atoms with Crippen LogP contribution in [0.15, 0.2) is 36.4 Å². The normalized spacial score (nSPS) is 10.3. The van der Waals surface area contributed by atoms with Gasteiger partial charge in [0.05, 0.1) is 7.11 Å². The smallest absolute Gasteiger partial charge is 0.276 e.